The van der Waals surface area contributed by atoms with Crippen molar-refractivity contribution in [1.29, 1.82) is 0 Å². The van der Waals surface area contributed by atoms with Crippen molar-refractivity contribution in [2.24, 2.45) is 11.5 Å². The zero-order valence-electron chi connectivity index (χ0n) is 14.8. The maximum atomic E-state index is 12.0. The third-order valence-corrected chi connectivity index (χ3v) is 3.63. The van der Waals surface area contributed by atoms with Crippen LogP contribution in [-0.4, -0.2) is 23.5 Å². The molecule has 4 N–H and O–H groups in total. The summed E-state index contributed by atoms with van der Waals surface area (Å²) in [5.74, 6) is -0.850. The van der Waals surface area contributed by atoms with Gasteiger partial charge in [0.25, 0.3) is 0 Å². The van der Waals surface area contributed by atoms with Crippen LogP contribution in [0.2, 0.25) is 0 Å². The van der Waals surface area contributed by atoms with E-state index < -0.39 is 17.6 Å². The SMILES string of the molecule is CC(C)(C)OC(=O)c1ccc(-c2ccc(C[C@H](N)C(N)=O)cc2)cc1. The number of ether oxygens (including phenoxy) is 1. The molecule has 132 valence electrons. The standard InChI is InChI=1S/C20H24N2O3/c1-20(2,3)25-19(24)16-10-8-15(9-11-16)14-6-4-13(5-7-14)12-17(21)18(22)23/h4-11,17H,12,21H2,1-3H3,(H2,22,23)/t17-/m0/s1. The number of nitrogens with two attached hydrogens (primary N) is 2. The van der Waals surface area contributed by atoms with Crippen LogP contribution in [0.3, 0.4) is 0 Å². The summed E-state index contributed by atoms with van der Waals surface area (Å²) in [4.78, 5) is 23.1. The number of rotatable bonds is 5. The Bertz CT molecular complexity index is 744. The lowest BCUT2D eigenvalue weighted by Gasteiger charge is -2.19. The number of benzene rings is 2. The summed E-state index contributed by atoms with van der Waals surface area (Å²) in [7, 11) is 0. The molecule has 0 unspecified atom stereocenters. The minimum Gasteiger partial charge on any atom is -0.456 e. The molecule has 0 aromatic heterocycles. The van der Waals surface area contributed by atoms with Crippen LogP contribution in [0.15, 0.2) is 48.5 Å². The largest absolute Gasteiger partial charge is 0.456 e. The zero-order chi connectivity index (χ0) is 18.6. The first kappa shape index (κ1) is 18.7. The summed E-state index contributed by atoms with van der Waals surface area (Å²) in [6, 6.07) is 14.3. The van der Waals surface area contributed by atoms with Gasteiger partial charge in [0.15, 0.2) is 0 Å². The molecule has 2 aromatic carbocycles. The maximum Gasteiger partial charge on any atom is 0.338 e. The van der Waals surface area contributed by atoms with Crippen LogP contribution in [0, 0.1) is 0 Å². The monoisotopic (exact) mass is 340 g/mol. The van der Waals surface area contributed by atoms with E-state index in [1.54, 1.807) is 12.1 Å². The van der Waals surface area contributed by atoms with Gasteiger partial charge in [-0.1, -0.05) is 36.4 Å². The van der Waals surface area contributed by atoms with E-state index >= 15 is 0 Å². The number of carbonyl (C=O) groups excluding carboxylic acids is 2. The molecular weight excluding hydrogens is 316 g/mol. The first-order valence-electron chi connectivity index (χ1n) is 8.13. The van der Waals surface area contributed by atoms with Crippen molar-refractivity contribution in [2.75, 3.05) is 0 Å². The second kappa shape index (κ2) is 7.49. The van der Waals surface area contributed by atoms with Gasteiger partial charge in [0.05, 0.1) is 11.6 Å². The highest BCUT2D eigenvalue weighted by atomic mass is 16.6. The van der Waals surface area contributed by atoms with Gasteiger partial charge in [0.2, 0.25) is 5.91 Å². The lowest BCUT2D eigenvalue weighted by atomic mass is 10.00. The van der Waals surface area contributed by atoms with Gasteiger partial charge in [0, 0.05) is 0 Å². The lowest BCUT2D eigenvalue weighted by Crippen LogP contribution is -2.38. The molecule has 0 aliphatic heterocycles. The molecule has 0 radical (unpaired) electrons. The molecule has 0 spiro atoms. The molecule has 2 rings (SSSR count). The van der Waals surface area contributed by atoms with E-state index in [4.69, 9.17) is 16.2 Å². The predicted octanol–water partition coefficient (Wildman–Crippen LogP) is 2.66. The van der Waals surface area contributed by atoms with E-state index in [2.05, 4.69) is 0 Å². The van der Waals surface area contributed by atoms with Crippen LogP contribution < -0.4 is 11.5 Å². The van der Waals surface area contributed by atoms with Crippen LogP contribution in [0.1, 0.15) is 36.7 Å². The molecular formula is C20H24N2O3. The Morgan fingerprint density at radius 3 is 1.88 bits per heavy atom. The predicted molar refractivity (Wildman–Crippen MR) is 97.9 cm³/mol. The molecule has 0 saturated heterocycles. The van der Waals surface area contributed by atoms with Gasteiger partial charge in [-0.3, -0.25) is 4.79 Å². The summed E-state index contributed by atoms with van der Waals surface area (Å²) in [6.45, 7) is 5.51. The first-order valence-corrected chi connectivity index (χ1v) is 8.13. The van der Waals surface area contributed by atoms with Crippen LogP contribution in [0.5, 0.6) is 0 Å². The third-order valence-electron chi connectivity index (χ3n) is 3.63. The van der Waals surface area contributed by atoms with E-state index in [0.717, 1.165) is 16.7 Å². The highest BCUT2D eigenvalue weighted by molar-refractivity contribution is 5.90. The maximum absolute atomic E-state index is 12.0. The summed E-state index contributed by atoms with van der Waals surface area (Å²) >= 11 is 0. The third kappa shape index (κ3) is 5.43. The average molecular weight is 340 g/mol. The van der Waals surface area contributed by atoms with Crippen molar-refractivity contribution >= 4 is 11.9 Å². The number of hydrogen-bond acceptors (Lipinski definition) is 4. The molecule has 1 atom stereocenters. The van der Waals surface area contributed by atoms with Gasteiger partial charge in [-0.15, -0.1) is 0 Å². The molecule has 0 heterocycles. The van der Waals surface area contributed by atoms with Crippen molar-refractivity contribution in [2.45, 2.75) is 38.8 Å². The Morgan fingerprint density at radius 1 is 0.960 bits per heavy atom. The minimum absolute atomic E-state index is 0.338. The zero-order valence-corrected chi connectivity index (χ0v) is 14.8. The lowest BCUT2D eigenvalue weighted by molar-refractivity contribution is -0.119. The molecule has 5 nitrogen and oxygen atoms in total. The number of carbonyl (C=O) groups is 2. The fourth-order valence-corrected chi connectivity index (χ4v) is 2.32. The molecule has 0 bridgehead atoms. The van der Waals surface area contributed by atoms with Gasteiger partial charge in [-0.05, 0) is 56.0 Å². The van der Waals surface area contributed by atoms with Crippen molar-refractivity contribution < 1.29 is 14.3 Å². The Kier molecular flexibility index (Phi) is 5.59. The van der Waals surface area contributed by atoms with Crippen molar-refractivity contribution in [1.82, 2.24) is 0 Å². The van der Waals surface area contributed by atoms with Crippen LogP contribution in [0.25, 0.3) is 11.1 Å². The normalized spacial score (nSPS) is 12.5. The number of hydrogen-bond donors (Lipinski definition) is 2. The molecule has 0 aliphatic rings. The second-order valence-electron chi connectivity index (χ2n) is 6.99. The topological polar surface area (TPSA) is 95.4 Å². The van der Waals surface area contributed by atoms with Gasteiger partial charge in [-0.2, -0.15) is 0 Å². The Morgan fingerprint density at radius 2 is 1.44 bits per heavy atom. The quantitative estimate of drug-likeness (QED) is 0.818. The molecule has 0 fully saturated rings. The van der Waals surface area contributed by atoms with Crippen LogP contribution in [0.4, 0.5) is 0 Å². The van der Waals surface area contributed by atoms with E-state index in [-0.39, 0.29) is 5.97 Å². The van der Waals surface area contributed by atoms with Crippen LogP contribution in [-0.2, 0) is 16.0 Å². The minimum atomic E-state index is -0.682. The first-order chi connectivity index (χ1) is 11.7. The summed E-state index contributed by atoms with van der Waals surface area (Å²) in [5, 5.41) is 0. The molecule has 0 saturated carbocycles. The smallest absolute Gasteiger partial charge is 0.338 e. The van der Waals surface area contributed by atoms with Gasteiger partial charge in [0.1, 0.15) is 5.60 Å². The number of primary amides is 1. The van der Waals surface area contributed by atoms with E-state index in [0.29, 0.717) is 12.0 Å². The van der Waals surface area contributed by atoms with Gasteiger partial charge < -0.3 is 16.2 Å². The van der Waals surface area contributed by atoms with Gasteiger partial charge >= 0.3 is 5.97 Å². The van der Waals surface area contributed by atoms with E-state index in [1.807, 2.05) is 57.2 Å². The van der Waals surface area contributed by atoms with E-state index in [1.165, 1.54) is 0 Å². The van der Waals surface area contributed by atoms with Crippen molar-refractivity contribution in [3.8, 4) is 11.1 Å². The molecule has 0 aliphatic carbocycles. The fourth-order valence-electron chi connectivity index (χ4n) is 2.32. The Labute approximate surface area is 148 Å². The van der Waals surface area contributed by atoms with Crippen molar-refractivity contribution in [3.63, 3.8) is 0 Å². The molecule has 25 heavy (non-hydrogen) atoms. The van der Waals surface area contributed by atoms with Gasteiger partial charge in [-0.25, -0.2) is 4.79 Å². The Balaban J connectivity index is 2.09. The summed E-state index contributed by atoms with van der Waals surface area (Å²) < 4.78 is 5.35. The molecule has 2 aromatic rings. The highest BCUT2D eigenvalue weighted by Gasteiger charge is 2.17. The molecule has 5 heteroatoms. The second-order valence-corrected chi connectivity index (χ2v) is 6.99. The average Bonchev–Trinajstić information content (AvgIpc) is 2.54. The van der Waals surface area contributed by atoms with Crippen molar-refractivity contribution in [3.05, 3.63) is 59.7 Å². The number of amides is 1. The number of esters is 1. The highest BCUT2D eigenvalue weighted by Crippen LogP contribution is 2.22. The van der Waals surface area contributed by atoms with Crippen LogP contribution >= 0.6 is 0 Å². The van der Waals surface area contributed by atoms with E-state index in [9.17, 15) is 9.59 Å². The summed E-state index contributed by atoms with van der Waals surface area (Å²) in [5.41, 5.74) is 13.8. The summed E-state index contributed by atoms with van der Waals surface area (Å²) in [6.07, 6.45) is 0.410. The molecule has 1 amide bonds. The fraction of sp³-hybridized carbons (Fsp3) is 0.300. The Hall–Kier alpha value is -2.66.